The summed E-state index contributed by atoms with van der Waals surface area (Å²) in [4.78, 5) is 11.1. The molecule has 5 heteroatoms. The fourth-order valence-electron chi connectivity index (χ4n) is 1.75. The molecule has 2 aromatic rings. The number of rotatable bonds is 2. The van der Waals surface area contributed by atoms with E-state index < -0.39 is 5.97 Å². The molecule has 0 bridgehead atoms. The fraction of sp³-hybridized carbons (Fsp3) is 0.385. The van der Waals surface area contributed by atoms with E-state index in [1.54, 1.807) is 0 Å². The number of aryl methyl sites for hydroxylation is 1. The van der Waals surface area contributed by atoms with Gasteiger partial charge in [-0.05, 0) is 13.0 Å². The summed E-state index contributed by atoms with van der Waals surface area (Å²) in [5.74, 6) is 0.504. The van der Waals surface area contributed by atoms with E-state index >= 15 is 0 Å². The van der Waals surface area contributed by atoms with Gasteiger partial charge >= 0.3 is 5.97 Å². The van der Waals surface area contributed by atoms with Gasteiger partial charge in [0.2, 0.25) is 0 Å². The molecular weight excluding hydrogens is 232 g/mol. The minimum absolute atomic E-state index is 0.119. The number of carbonyl (C=O) groups is 1. The Labute approximate surface area is 105 Å². The minimum atomic E-state index is -1.00. The number of H-pyrrole nitrogens is 1. The second-order valence-electron chi connectivity index (χ2n) is 5.29. The van der Waals surface area contributed by atoms with Crippen LogP contribution in [0.15, 0.2) is 16.7 Å². The summed E-state index contributed by atoms with van der Waals surface area (Å²) in [7, 11) is 0. The van der Waals surface area contributed by atoms with Gasteiger partial charge in [-0.2, -0.15) is 5.10 Å². The van der Waals surface area contributed by atoms with Gasteiger partial charge in [-0.1, -0.05) is 20.8 Å². The van der Waals surface area contributed by atoms with Crippen LogP contribution in [0, 0.1) is 6.92 Å². The van der Waals surface area contributed by atoms with Crippen molar-refractivity contribution in [1.29, 1.82) is 0 Å². The van der Waals surface area contributed by atoms with E-state index in [4.69, 9.17) is 9.52 Å². The van der Waals surface area contributed by atoms with Gasteiger partial charge in [0.05, 0.1) is 11.9 Å². The van der Waals surface area contributed by atoms with Crippen molar-refractivity contribution in [3.05, 3.63) is 29.3 Å². The lowest BCUT2D eigenvalue weighted by Crippen LogP contribution is -2.09. The van der Waals surface area contributed by atoms with Gasteiger partial charge in [0, 0.05) is 11.0 Å². The maximum Gasteiger partial charge on any atom is 0.339 e. The first-order valence-corrected chi connectivity index (χ1v) is 5.68. The number of aromatic carboxylic acids is 1. The average molecular weight is 248 g/mol. The summed E-state index contributed by atoms with van der Waals surface area (Å²) < 4.78 is 5.70. The zero-order chi connectivity index (χ0) is 13.5. The topological polar surface area (TPSA) is 79.1 Å². The maximum atomic E-state index is 11.1. The number of nitrogens with one attached hydrogen (secondary N) is 1. The predicted molar refractivity (Wildman–Crippen MR) is 66.7 cm³/mol. The van der Waals surface area contributed by atoms with E-state index in [-0.39, 0.29) is 11.0 Å². The van der Waals surface area contributed by atoms with Crippen molar-refractivity contribution >= 4 is 5.97 Å². The Morgan fingerprint density at radius 1 is 1.44 bits per heavy atom. The molecule has 0 saturated carbocycles. The van der Waals surface area contributed by atoms with Crippen LogP contribution in [0.25, 0.3) is 11.3 Å². The standard InChI is InChI=1S/C13H16N2O3/c1-7-8(5-10(18-7)13(2,3)4)11-9(12(16)17)6-14-15-11/h5-6H,1-4H3,(H,14,15)(H,16,17). The molecule has 2 rings (SSSR count). The Balaban J connectivity index is 2.55. The monoisotopic (exact) mass is 248 g/mol. The first-order valence-electron chi connectivity index (χ1n) is 5.68. The third-order valence-electron chi connectivity index (χ3n) is 2.80. The van der Waals surface area contributed by atoms with Crippen LogP contribution in [0.2, 0.25) is 0 Å². The highest BCUT2D eigenvalue weighted by molar-refractivity contribution is 5.94. The van der Waals surface area contributed by atoms with Crippen LogP contribution in [0.1, 0.15) is 42.6 Å². The van der Waals surface area contributed by atoms with E-state index in [0.717, 1.165) is 11.3 Å². The number of carboxylic acid groups (broad SMARTS) is 1. The first kappa shape index (κ1) is 12.4. The summed E-state index contributed by atoms with van der Waals surface area (Å²) in [5.41, 5.74) is 1.26. The molecule has 0 fully saturated rings. The smallest absolute Gasteiger partial charge is 0.339 e. The van der Waals surface area contributed by atoms with Crippen LogP contribution in [0.3, 0.4) is 0 Å². The first-order chi connectivity index (χ1) is 8.30. The highest BCUT2D eigenvalue weighted by atomic mass is 16.4. The van der Waals surface area contributed by atoms with Gasteiger partial charge in [0.15, 0.2) is 0 Å². The summed E-state index contributed by atoms with van der Waals surface area (Å²) in [6, 6.07) is 1.87. The van der Waals surface area contributed by atoms with Crippen molar-refractivity contribution in [3.8, 4) is 11.3 Å². The molecule has 0 aliphatic rings. The molecule has 0 aliphatic heterocycles. The SMILES string of the molecule is Cc1oc(C(C)(C)C)cc1-c1[nH]ncc1C(=O)O. The molecular formula is C13H16N2O3. The molecule has 0 unspecified atom stereocenters. The molecule has 2 heterocycles. The number of aromatic nitrogens is 2. The van der Waals surface area contributed by atoms with Gasteiger partial charge in [-0.3, -0.25) is 5.10 Å². The Morgan fingerprint density at radius 3 is 2.61 bits per heavy atom. The van der Waals surface area contributed by atoms with Crippen LogP contribution in [-0.2, 0) is 5.41 Å². The van der Waals surface area contributed by atoms with Crippen LogP contribution >= 0.6 is 0 Å². The van der Waals surface area contributed by atoms with Crippen LogP contribution < -0.4 is 0 Å². The largest absolute Gasteiger partial charge is 0.478 e. The third-order valence-corrected chi connectivity index (χ3v) is 2.80. The Bertz CT molecular complexity index is 588. The van der Waals surface area contributed by atoms with Crippen LogP contribution in [-0.4, -0.2) is 21.3 Å². The molecule has 0 atom stereocenters. The molecule has 0 amide bonds. The van der Waals surface area contributed by atoms with Gasteiger partial charge in [-0.25, -0.2) is 4.79 Å². The Morgan fingerprint density at radius 2 is 2.11 bits per heavy atom. The molecule has 2 aromatic heterocycles. The highest BCUT2D eigenvalue weighted by Crippen LogP contribution is 2.33. The van der Waals surface area contributed by atoms with Crippen molar-refractivity contribution in [2.24, 2.45) is 0 Å². The van der Waals surface area contributed by atoms with E-state index in [2.05, 4.69) is 10.2 Å². The van der Waals surface area contributed by atoms with Crippen molar-refractivity contribution in [2.75, 3.05) is 0 Å². The van der Waals surface area contributed by atoms with E-state index in [1.807, 2.05) is 33.8 Å². The number of carboxylic acids is 1. The summed E-state index contributed by atoms with van der Waals surface area (Å²) in [6.07, 6.45) is 1.31. The predicted octanol–water partition coefficient (Wildman–Crippen LogP) is 2.97. The number of hydrogen-bond acceptors (Lipinski definition) is 3. The highest BCUT2D eigenvalue weighted by Gasteiger charge is 2.23. The van der Waals surface area contributed by atoms with Gasteiger partial charge in [0.25, 0.3) is 0 Å². The zero-order valence-electron chi connectivity index (χ0n) is 10.9. The van der Waals surface area contributed by atoms with E-state index in [9.17, 15) is 4.79 Å². The van der Waals surface area contributed by atoms with Crippen molar-refractivity contribution in [2.45, 2.75) is 33.1 Å². The van der Waals surface area contributed by atoms with Crippen molar-refractivity contribution in [1.82, 2.24) is 10.2 Å². The number of furan rings is 1. The van der Waals surface area contributed by atoms with Crippen LogP contribution in [0.5, 0.6) is 0 Å². The molecule has 0 aliphatic carbocycles. The van der Waals surface area contributed by atoms with E-state index in [1.165, 1.54) is 6.20 Å². The second kappa shape index (κ2) is 4.01. The van der Waals surface area contributed by atoms with Crippen molar-refractivity contribution in [3.63, 3.8) is 0 Å². The molecule has 18 heavy (non-hydrogen) atoms. The normalized spacial score (nSPS) is 11.8. The van der Waals surface area contributed by atoms with Gasteiger partial charge < -0.3 is 9.52 Å². The summed E-state index contributed by atoms with van der Waals surface area (Å²) in [5, 5.41) is 15.6. The molecule has 0 radical (unpaired) electrons. The van der Waals surface area contributed by atoms with Crippen LogP contribution in [0.4, 0.5) is 0 Å². The fourth-order valence-corrected chi connectivity index (χ4v) is 1.75. The number of hydrogen-bond donors (Lipinski definition) is 2. The lowest BCUT2D eigenvalue weighted by Gasteiger charge is -2.13. The average Bonchev–Trinajstić information content (AvgIpc) is 2.81. The van der Waals surface area contributed by atoms with Gasteiger partial charge in [0.1, 0.15) is 17.1 Å². The molecule has 0 spiro atoms. The molecule has 96 valence electrons. The third kappa shape index (κ3) is 2.03. The molecule has 2 N–H and O–H groups in total. The quantitative estimate of drug-likeness (QED) is 0.856. The van der Waals surface area contributed by atoms with E-state index in [0.29, 0.717) is 11.5 Å². The molecule has 5 nitrogen and oxygen atoms in total. The second-order valence-corrected chi connectivity index (χ2v) is 5.29. The lowest BCUT2D eigenvalue weighted by molar-refractivity contribution is 0.0698. The lowest BCUT2D eigenvalue weighted by atomic mass is 9.92. The molecule has 0 saturated heterocycles. The summed E-state index contributed by atoms with van der Waals surface area (Å²) in [6.45, 7) is 7.94. The minimum Gasteiger partial charge on any atom is -0.478 e. The number of aromatic amines is 1. The van der Waals surface area contributed by atoms with Crippen molar-refractivity contribution < 1.29 is 14.3 Å². The Hall–Kier alpha value is -2.04. The summed E-state index contributed by atoms with van der Waals surface area (Å²) >= 11 is 0. The zero-order valence-corrected chi connectivity index (χ0v) is 10.9. The number of nitrogens with zero attached hydrogens (tertiary/aromatic N) is 1. The maximum absolute atomic E-state index is 11.1. The molecule has 0 aromatic carbocycles. The van der Waals surface area contributed by atoms with Gasteiger partial charge in [-0.15, -0.1) is 0 Å². The Kier molecular flexibility index (Phi) is 2.77.